The Kier molecular flexibility index (Phi) is 6.94. The van der Waals surface area contributed by atoms with E-state index in [4.69, 9.17) is 0 Å². The Balaban J connectivity index is 0.00000200. The van der Waals surface area contributed by atoms with Gasteiger partial charge in [0.05, 0.1) is 5.75 Å². The fraction of sp³-hybridized carbons (Fsp3) is 0.692. The molecule has 0 atom stereocenters. The van der Waals surface area contributed by atoms with E-state index in [2.05, 4.69) is 17.0 Å². The maximum atomic E-state index is 12.0. The highest BCUT2D eigenvalue weighted by Crippen LogP contribution is 2.26. The van der Waals surface area contributed by atoms with Gasteiger partial charge in [-0.3, -0.25) is 0 Å². The third kappa shape index (κ3) is 5.69. The second-order valence-corrected chi connectivity index (χ2v) is 8.49. The van der Waals surface area contributed by atoms with Crippen molar-refractivity contribution in [3.05, 3.63) is 22.4 Å². The number of thiophene rings is 1. The lowest BCUT2D eigenvalue weighted by molar-refractivity contribution is 0.232. The third-order valence-electron chi connectivity index (χ3n) is 3.73. The summed E-state index contributed by atoms with van der Waals surface area (Å²) < 4.78 is 26.8. The van der Waals surface area contributed by atoms with Gasteiger partial charge in [0.1, 0.15) is 0 Å². The van der Waals surface area contributed by atoms with Crippen LogP contribution in [0.15, 0.2) is 17.5 Å². The Morgan fingerprint density at radius 3 is 2.70 bits per heavy atom. The largest absolute Gasteiger partial charge is 0.317 e. The van der Waals surface area contributed by atoms with Crippen LogP contribution < -0.4 is 10.0 Å². The van der Waals surface area contributed by atoms with Gasteiger partial charge in [-0.05, 0) is 49.2 Å². The second kappa shape index (κ2) is 7.75. The lowest BCUT2D eigenvalue weighted by Crippen LogP contribution is -2.43. The molecule has 2 heterocycles. The summed E-state index contributed by atoms with van der Waals surface area (Å²) in [5.41, 5.74) is 0.0985. The molecule has 0 radical (unpaired) electrons. The molecule has 1 aromatic rings. The third-order valence-corrected chi connectivity index (χ3v) is 5.99. The molecule has 0 aliphatic carbocycles. The van der Waals surface area contributed by atoms with Gasteiger partial charge >= 0.3 is 0 Å². The summed E-state index contributed by atoms with van der Waals surface area (Å²) >= 11 is 1.61. The van der Waals surface area contributed by atoms with E-state index in [1.807, 2.05) is 17.5 Å². The SMILES string of the molecule is CC1(CNS(=O)(=O)CCc2cccs2)CCNCC1.Cl. The number of sulfonamides is 1. The van der Waals surface area contributed by atoms with E-state index in [1.54, 1.807) is 11.3 Å². The molecule has 7 heteroatoms. The molecule has 1 aliphatic heterocycles. The highest BCUT2D eigenvalue weighted by Gasteiger charge is 2.28. The first kappa shape index (κ1) is 17.9. The van der Waals surface area contributed by atoms with Gasteiger partial charge in [0.25, 0.3) is 0 Å². The van der Waals surface area contributed by atoms with E-state index in [1.165, 1.54) is 0 Å². The summed E-state index contributed by atoms with van der Waals surface area (Å²) in [7, 11) is -3.16. The summed E-state index contributed by atoms with van der Waals surface area (Å²) in [6, 6.07) is 3.93. The van der Waals surface area contributed by atoms with E-state index in [0.717, 1.165) is 30.8 Å². The standard InChI is InChI=1S/C13H22N2O2S2.ClH/c1-13(5-7-14-8-6-13)11-15-19(16,17)10-4-12-3-2-9-18-12;/h2-3,9,14-15H,4-8,10-11H2,1H3;1H. The highest BCUT2D eigenvalue weighted by molar-refractivity contribution is 7.89. The van der Waals surface area contributed by atoms with Gasteiger partial charge in [-0.1, -0.05) is 13.0 Å². The van der Waals surface area contributed by atoms with Gasteiger partial charge < -0.3 is 5.32 Å². The van der Waals surface area contributed by atoms with Gasteiger partial charge in [0.15, 0.2) is 0 Å². The molecule has 20 heavy (non-hydrogen) atoms. The number of hydrogen-bond donors (Lipinski definition) is 2. The zero-order valence-corrected chi connectivity index (χ0v) is 14.2. The van der Waals surface area contributed by atoms with Gasteiger partial charge in [0.2, 0.25) is 10.0 Å². The van der Waals surface area contributed by atoms with Crippen LogP contribution in [0.5, 0.6) is 0 Å². The number of aryl methyl sites for hydroxylation is 1. The molecule has 1 aliphatic rings. The molecule has 2 N–H and O–H groups in total. The Labute approximate surface area is 131 Å². The Hall–Kier alpha value is -0.140. The normalized spacial score (nSPS) is 18.4. The first-order valence-corrected chi connectivity index (χ1v) is 9.23. The number of hydrogen-bond acceptors (Lipinski definition) is 4. The molecule has 0 unspecified atom stereocenters. The summed E-state index contributed by atoms with van der Waals surface area (Å²) in [5.74, 6) is 0.182. The number of nitrogens with one attached hydrogen (secondary N) is 2. The Morgan fingerprint density at radius 1 is 1.40 bits per heavy atom. The van der Waals surface area contributed by atoms with Crippen molar-refractivity contribution in [1.29, 1.82) is 0 Å². The highest BCUT2D eigenvalue weighted by atomic mass is 35.5. The molecular weight excluding hydrogens is 316 g/mol. The van der Waals surface area contributed by atoms with Crippen LogP contribution in [0.2, 0.25) is 0 Å². The molecule has 116 valence electrons. The van der Waals surface area contributed by atoms with Crippen LogP contribution in [-0.2, 0) is 16.4 Å². The molecule has 2 rings (SSSR count). The molecule has 1 aromatic heterocycles. The maximum absolute atomic E-state index is 12.0. The first-order valence-electron chi connectivity index (χ1n) is 6.70. The monoisotopic (exact) mass is 338 g/mol. The van der Waals surface area contributed by atoms with Crippen molar-refractivity contribution in [2.45, 2.75) is 26.2 Å². The molecule has 1 fully saturated rings. The summed E-state index contributed by atoms with van der Waals surface area (Å²) in [4.78, 5) is 1.12. The maximum Gasteiger partial charge on any atom is 0.211 e. The van der Waals surface area contributed by atoms with Gasteiger partial charge in [-0.2, -0.15) is 0 Å². The summed E-state index contributed by atoms with van der Waals surface area (Å²) in [5, 5.41) is 5.28. The van der Waals surface area contributed by atoms with Gasteiger partial charge in [0, 0.05) is 11.4 Å². The van der Waals surface area contributed by atoms with Gasteiger partial charge in [-0.15, -0.1) is 23.7 Å². The van der Waals surface area contributed by atoms with Crippen molar-refractivity contribution in [2.24, 2.45) is 5.41 Å². The van der Waals surface area contributed by atoms with E-state index in [0.29, 0.717) is 13.0 Å². The molecule has 0 bridgehead atoms. The molecular formula is C13H23ClN2O2S2. The van der Waals surface area contributed by atoms with Crippen LogP contribution in [-0.4, -0.2) is 33.8 Å². The topological polar surface area (TPSA) is 58.2 Å². The quantitative estimate of drug-likeness (QED) is 0.834. The molecule has 1 saturated heterocycles. The molecule has 0 aromatic carbocycles. The van der Waals surface area contributed by atoms with Crippen LogP contribution in [0.1, 0.15) is 24.6 Å². The molecule has 0 amide bonds. The number of piperidine rings is 1. The van der Waals surface area contributed by atoms with Crippen molar-refractivity contribution in [2.75, 3.05) is 25.4 Å². The molecule has 0 spiro atoms. The van der Waals surface area contributed by atoms with E-state index in [9.17, 15) is 8.42 Å². The molecule has 0 saturated carbocycles. The predicted molar refractivity (Wildman–Crippen MR) is 87.3 cm³/mol. The van der Waals surface area contributed by atoms with Crippen molar-refractivity contribution in [1.82, 2.24) is 10.0 Å². The average Bonchev–Trinajstić information content (AvgIpc) is 2.89. The second-order valence-electron chi connectivity index (χ2n) is 5.53. The number of halogens is 1. The van der Waals surface area contributed by atoms with Crippen molar-refractivity contribution in [3.8, 4) is 0 Å². The fourth-order valence-corrected chi connectivity index (χ4v) is 4.29. The van der Waals surface area contributed by atoms with E-state index < -0.39 is 10.0 Å². The van der Waals surface area contributed by atoms with Crippen molar-refractivity contribution in [3.63, 3.8) is 0 Å². The van der Waals surface area contributed by atoms with Gasteiger partial charge in [-0.25, -0.2) is 13.1 Å². The van der Waals surface area contributed by atoms with E-state index in [-0.39, 0.29) is 23.6 Å². The summed E-state index contributed by atoms with van der Waals surface area (Å²) in [6.45, 7) is 4.68. The predicted octanol–water partition coefficient (Wildman–Crippen LogP) is 2.02. The van der Waals surface area contributed by atoms with Crippen LogP contribution in [0.3, 0.4) is 0 Å². The smallest absolute Gasteiger partial charge is 0.211 e. The minimum Gasteiger partial charge on any atom is -0.317 e. The van der Waals surface area contributed by atoms with Crippen LogP contribution in [0.25, 0.3) is 0 Å². The zero-order valence-electron chi connectivity index (χ0n) is 11.7. The fourth-order valence-electron chi connectivity index (χ4n) is 2.25. The van der Waals surface area contributed by atoms with Crippen LogP contribution in [0, 0.1) is 5.41 Å². The van der Waals surface area contributed by atoms with Crippen LogP contribution >= 0.6 is 23.7 Å². The lowest BCUT2D eigenvalue weighted by atomic mass is 9.81. The zero-order chi connectivity index (χ0) is 13.8. The minimum absolute atomic E-state index is 0. The molecule has 4 nitrogen and oxygen atoms in total. The lowest BCUT2D eigenvalue weighted by Gasteiger charge is -2.34. The Bertz CT molecular complexity index is 482. The van der Waals surface area contributed by atoms with Crippen molar-refractivity contribution >= 4 is 33.8 Å². The van der Waals surface area contributed by atoms with Crippen LogP contribution in [0.4, 0.5) is 0 Å². The summed E-state index contributed by atoms with van der Waals surface area (Å²) in [6.07, 6.45) is 2.66. The van der Waals surface area contributed by atoms with Crippen molar-refractivity contribution < 1.29 is 8.42 Å². The number of rotatable bonds is 6. The first-order chi connectivity index (χ1) is 8.99. The average molecular weight is 339 g/mol. The Morgan fingerprint density at radius 2 is 2.10 bits per heavy atom. The van der Waals surface area contributed by atoms with E-state index >= 15 is 0 Å². The minimum atomic E-state index is -3.16.